The number of urea groups is 1. The van der Waals surface area contributed by atoms with Gasteiger partial charge in [0.25, 0.3) is 0 Å². The molecule has 2 N–H and O–H groups in total. The average Bonchev–Trinajstić information content (AvgIpc) is 3.29. The number of nitrogens with one attached hydrogen (secondary N) is 2. The molecule has 4 nitrogen and oxygen atoms in total. The molecule has 1 aliphatic carbocycles. The molecule has 3 aliphatic rings. The Kier molecular flexibility index (Phi) is 4.25. The summed E-state index contributed by atoms with van der Waals surface area (Å²) < 4.78 is 0. The minimum atomic E-state index is -0.0528. The Balaban J connectivity index is 1.36. The van der Waals surface area contributed by atoms with Crippen LogP contribution in [0.3, 0.4) is 0 Å². The van der Waals surface area contributed by atoms with Gasteiger partial charge < -0.3 is 10.6 Å². The van der Waals surface area contributed by atoms with Crippen molar-refractivity contribution in [2.75, 3.05) is 5.32 Å². The summed E-state index contributed by atoms with van der Waals surface area (Å²) in [6.07, 6.45) is 8.99. The van der Waals surface area contributed by atoms with Crippen LogP contribution < -0.4 is 10.6 Å². The summed E-state index contributed by atoms with van der Waals surface area (Å²) in [7, 11) is 0. The van der Waals surface area contributed by atoms with Crippen molar-refractivity contribution in [3.63, 3.8) is 0 Å². The fraction of sp³-hybridized carbons (Fsp3) is 0.650. The predicted octanol–water partition coefficient (Wildman–Crippen LogP) is 3.97. The second-order valence-electron chi connectivity index (χ2n) is 8.06. The lowest BCUT2D eigenvalue weighted by Crippen LogP contribution is -2.58. The van der Waals surface area contributed by atoms with Gasteiger partial charge in [-0.05, 0) is 75.6 Å². The van der Waals surface area contributed by atoms with Crippen LogP contribution in [0.4, 0.5) is 10.5 Å². The number of amides is 2. The molecule has 2 bridgehead atoms. The zero-order valence-corrected chi connectivity index (χ0v) is 14.8. The van der Waals surface area contributed by atoms with Crippen LogP contribution in [0.5, 0.6) is 0 Å². The smallest absolute Gasteiger partial charge is 0.319 e. The number of rotatable bonds is 3. The molecule has 0 aromatic heterocycles. The average molecular weight is 327 g/mol. The molecular formula is C20H29N3O. The third kappa shape index (κ3) is 3.44. The third-order valence-corrected chi connectivity index (χ3v) is 5.81. The van der Waals surface area contributed by atoms with E-state index in [1.54, 1.807) is 0 Å². The van der Waals surface area contributed by atoms with E-state index < -0.39 is 0 Å². The fourth-order valence-electron chi connectivity index (χ4n) is 4.90. The predicted molar refractivity (Wildman–Crippen MR) is 97.4 cm³/mol. The molecule has 130 valence electrons. The van der Waals surface area contributed by atoms with Crippen LogP contribution in [-0.4, -0.2) is 35.1 Å². The Morgan fingerprint density at radius 1 is 0.958 bits per heavy atom. The highest BCUT2D eigenvalue weighted by atomic mass is 16.2. The van der Waals surface area contributed by atoms with Gasteiger partial charge in [0.2, 0.25) is 0 Å². The van der Waals surface area contributed by atoms with Crippen LogP contribution in [0.2, 0.25) is 0 Å². The second kappa shape index (κ2) is 6.40. The van der Waals surface area contributed by atoms with Gasteiger partial charge in [0.05, 0.1) is 0 Å². The number of piperidine rings is 2. The summed E-state index contributed by atoms with van der Waals surface area (Å²) in [5.41, 5.74) is 3.25. The minimum Gasteiger partial charge on any atom is -0.335 e. The Morgan fingerprint density at radius 2 is 1.58 bits per heavy atom. The highest BCUT2D eigenvalue weighted by Gasteiger charge is 2.45. The molecular weight excluding hydrogens is 298 g/mol. The molecule has 24 heavy (non-hydrogen) atoms. The minimum absolute atomic E-state index is 0.0528. The topological polar surface area (TPSA) is 44.4 Å². The molecule has 2 heterocycles. The number of hydrogen-bond acceptors (Lipinski definition) is 2. The Bertz CT molecular complexity index is 591. The van der Waals surface area contributed by atoms with Crippen molar-refractivity contribution in [2.45, 2.75) is 83.0 Å². The number of fused-ring (bicyclic) bond motifs is 2. The summed E-state index contributed by atoms with van der Waals surface area (Å²) in [5.74, 6) is 0. The normalized spacial score (nSPS) is 30.0. The summed E-state index contributed by atoms with van der Waals surface area (Å²) in [4.78, 5) is 15.2. The van der Waals surface area contributed by atoms with Gasteiger partial charge in [-0.2, -0.15) is 0 Å². The first-order chi connectivity index (χ1) is 11.6. The number of hydrogen-bond donors (Lipinski definition) is 2. The first-order valence-corrected chi connectivity index (χ1v) is 9.52. The second-order valence-corrected chi connectivity index (χ2v) is 8.06. The zero-order chi connectivity index (χ0) is 16.7. The van der Waals surface area contributed by atoms with Gasteiger partial charge in [0, 0.05) is 29.9 Å². The monoisotopic (exact) mass is 327 g/mol. The van der Waals surface area contributed by atoms with Crippen LogP contribution in [0, 0.1) is 13.8 Å². The SMILES string of the molecule is Cc1cc(C)cc(NC(=O)NC2CC3CCCC(C2)N3C2CC2)c1. The van der Waals surface area contributed by atoms with E-state index in [-0.39, 0.29) is 6.03 Å². The summed E-state index contributed by atoms with van der Waals surface area (Å²) in [6, 6.07) is 8.67. The maximum Gasteiger partial charge on any atom is 0.319 e. The van der Waals surface area contributed by atoms with Crippen LogP contribution in [0.15, 0.2) is 18.2 Å². The third-order valence-electron chi connectivity index (χ3n) is 5.81. The van der Waals surface area contributed by atoms with Gasteiger partial charge in [-0.15, -0.1) is 0 Å². The Labute approximate surface area is 145 Å². The summed E-state index contributed by atoms with van der Waals surface area (Å²) >= 11 is 0. The number of benzene rings is 1. The molecule has 2 atom stereocenters. The van der Waals surface area contributed by atoms with Crippen LogP contribution in [0.1, 0.15) is 56.1 Å². The number of carbonyl (C=O) groups is 1. The van der Waals surface area contributed by atoms with Crippen LogP contribution in [-0.2, 0) is 0 Å². The van der Waals surface area contributed by atoms with E-state index in [0.29, 0.717) is 18.1 Å². The lowest BCUT2D eigenvalue weighted by Gasteiger charge is -2.49. The molecule has 2 saturated heterocycles. The van der Waals surface area contributed by atoms with E-state index in [0.717, 1.165) is 24.6 Å². The molecule has 1 aromatic rings. The van der Waals surface area contributed by atoms with E-state index >= 15 is 0 Å². The first-order valence-electron chi connectivity index (χ1n) is 9.52. The van der Waals surface area contributed by atoms with Crippen molar-refractivity contribution < 1.29 is 4.79 Å². The van der Waals surface area contributed by atoms with Crippen molar-refractivity contribution >= 4 is 11.7 Å². The lowest BCUT2D eigenvalue weighted by molar-refractivity contribution is 0.0198. The largest absolute Gasteiger partial charge is 0.335 e. The van der Waals surface area contributed by atoms with Crippen molar-refractivity contribution in [3.05, 3.63) is 29.3 Å². The van der Waals surface area contributed by atoms with Crippen molar-refractivity contribution in [1.29, 1.82) is 0 Å². The van der Waals surface area contributed by atoms with Crippen molar-refractivity contribution in [1.82, 2.24) is 10.2 Å². The molecule has 2 aliphatic heterocycles. The maximum absolute atomic E-state index is 12.4. The highest BCUT2D eigenvalue weighted by molar-refractivity contribution is 5.89. The van der Waals surface area contributed by atoms with Gasteiger partial charge in [0.1, 0.15) is 0 Å². The van der Waals surface area contributed by atoms with E-state index in [1.807, 2.05) is 12.1 Å². The lowest BCUT2D eigenvalue weighted by atomic mass is 9.81. The van der Waals surface area contributed by atoms with Gasteiger partial charge in [-0.1, -0.05) is 12.5 Å². The first kappa shape index (κ1) is 15.9. The van der Waals surface area contributed by atoms with E-state index in [1.165, 1.54) is 43.2 Å². The molecule has 4 rings (SSSR count). The molecule has 1 saturated carbocycles. The van der Waals surface area contributed by atoms with Gasteiger partial charge in [-0.3, -0.25) is 4.90 Å². The number of anilines is 1. The Morgan fingerprint density at radius 3 is 2.17 bits per heavy atom. The van der Waals surface area contributed by atoms with Crippen LogP contribution >= 0.6 is 0 Å². The maximum atomic E-state index is 12.4. The molecule has 2 unspecified atom stereocenters. The molecule has 3 fully saturated rings. The highest BCUT2D eigenvalue weighted by Crippen LogP contribution is 2.41. The standard InChI is InChI=1S/C20H29N3O/c1-13-8-14(2)10-15(9-13)21-20(24)22-16-11-18-4-3-5-19(12-16)23(18)17-6-7-17/h8-10,16-19H,3-7,11-12H2,1-2H3,(H2,21,22,24). The van der Waals surface area contributed by atoms with Crippen molar-refractivity contribution in [3.8, 4) is 0 Å². The quantitative estimate of drug-likeness (QED) is 0.882. The van der Waals surface area contributed by atoms with Gasteiger partial charge >= 0.3 is 6.03 Å². The molecule has 2 amide bonds. The van der Waals surface area contributed by atoms with E-state index in [2.05, 4.69) is 35.4 Å². The van der Waals surface area contributed by atoms with E-state index in [9.17, 15) is 4.79 Å². The van der Waals surface area contributed by atoms with Gasteiger partial charge in [-0.25, -0.2) is 4.79 Å². The van der Waals surface area contributed by atoms with Crippen molar-refractivity contribution in [2.24, 2.45) is 0 Å². The zero-order valence-electron chi connectivity index (χ0n) is 14.8. The molecule has 0 spiro atoms. The summed E-state index contributed by atoms with van der Waals surface area (Å²) in [5, 5.41) is 6.26. The summed E-state index contributed by atoms with van der Waals surface area (Å²) in [6.45, 7) is 4.12. The number of nitrogens with zero attached hydrogens (tertiary/aromatic N) is 1. The van der Waals surface area contributed by atoms with Crippen LogP contribution in [0.25, 0.3) is 0 Å². The van der Waals surface area contributed by atoms with Gasteiger partial charge in [0.15, 0.2) is 0 Å². The Hall–Kier alpha value is -1.55. The van der Waals surface area contributed by atoms with E-state index in [4.69, 9.17) is 0 Å². The molecule has 4 heteroatoms. The fourth-order valence-corrected chi connectivity index (χ4v) is 4.90. The molecule has 0 radical (unpaired) electrons. The number of aryl methyl sites for hydroxylation is 2. The molecule has 1 aromatic carbocycles. The number of carbonyl (C=O) groups excluding carboxylic acids is 1.